The molecule has 0 aliphatic heterocycles. The SMILES string of the molecule is N#CC(c1ccccc1)=[P+](C(=C=N)c1ccccc1)C(C#N)c1ccccc1. The molecule has 3 aromatic rings. The van der Waals surface area contributed by atoms with Gasteiger partial charge in [0.1, 0.15) is 12.1 Å². The first-order valence-electron chi connectivity index (χ1n) is 8.71. The molecular weight excluding hydrogens is 361 g/mol. The molecule has 2 unspecified atom stereocenters. The summed E-state index contributed by atoms with van der Waals surface area (Å²) in [4.78, 5) is 0. The lowest BCUT2D eigenvalue weighted by Crippen LogP contribution is -2.03. The molecule has 28 heavy (non-hydrogen) atoms. The zero-order valence-electron chi connectivity index (χ0n) is 15.1. The molecule has 0 aliphatic carbocycles. The average Bonchev–Trinajstić information content (AvgIpc) is 2.77. The van der Waals surface area contributed by atoms with E-state index in [-0.39, 0.29) is 0 Å². The van der Waals surface area contributed by atoms with Gasteiger partial charge in [0, 0.05) is 22.6 Å². The summed E-state index contributed by atoms with van der Waals surface area (Å²) >= 11 is 0. The largest absolute Gasteiger partial charge is 0.255 e. The van der Waals surface area contributed by atoms with E-state index < -0.39 is 13.2 Å². The standard InChI is InChI=1S/C24H17N3P/c25-16-22(19-10-4-1-5-11-19)28(23(17-26)20-12-6-2-7-13-20)24(18-27)21-14-8-3-9-15-21/h1-15,22,26H/q+1. The first kappa shape index (κ1) is 19.0. The van der Waals surface area contributed by atoms with Crippen LogP contribution in [0.5, 0.6) is 0 Å². The fourth-order valence-corrected chi connectivity index (χ4v) is 5.42. The predicted molar refractivity (Wildman–Crippen MR) is 115 cm³/mol. The molecule has 0 saturated carbocycles. The Labute approximate surface area is 165 Å². The van der Waals surface area contributed by atoms with E-state index in [1.807, 2.05) is 91.0 Å². The van der Waals surface area contributed by atoms with E-state index in [0.29, 0.717) is 10.6 Å². The van der Waals surface area contributed by atoms with Gasteiger partial charge in [0.25, 0.3) is 0 Å². The Kier molecular flexibility index (Phi) is 6.30. The third kappa shape index (κ3) is 3.98. The maximum absolute atomic E-state index is 10.1. The van der Waals surface area contributed by atoms with Gasteiger partial charge in [-0.05, 0) is 24.3 Å². The van der Waals surface area contributed by atoms with E-state index >= 15 is 0 Å². The minimum absolute atomic E-state index is 0.518. The molecule has 0 saturated heterocycles. The van der Waals surface area contributed by atoms with Gasteiger partial charge in [-0.2, -0.15) is 10.5 Å². The van der Waals surface area contributed by atoms with Gasteiger partial charge in [0.15, 0.2) is 7.55 Å². The summed E-state index contributed by atoms with van der Waals surface area (Å²) in [6.45, 7) is 0. The normalized spacial score (nSPS) is 11.9. The van der Waals surface area contributed by atoms with Crippen LogP contribution < -0.4 is 0 Å². The van der Waals surface area contributed by atoms with Gasteiger partial charge in [-0.25, -0.2) is 0 Å². The average molecular weight is 378 g/mol. The van der Waals surface area contributed by atoms with Crippen molar-refractivity contribution in [3.8, 4) is 12.1 Å². The van der Waals surface area contributed by atoms with Crippen molar-refractivity contribution >= 4 is 24.0 Å². The Balaban J connectivity index is 2.34. The minimum Gasteiger partial charge on any atom is -0.255 e. The molecule has 4 heteroatoms. The number of hydrogen-bond donors (Lipinski definition) is 1. The highest BCUT2D eigenvalue weighted by atomic mass is 31.1. The molecule has 2 atom stereocenters. The van der Waals surface area contributed by atoms with Crippen molar-refractivity contribution in [1.29, 1.82) is 15.9 Å². The zero-order valence-corrected chi connectivity index (χ0v) is 16.0. The van der Waals surface area contributed by atoms with E-state index in [0.717, 1.165) is 16.7 Å². The second kappa shape index (κ2) is 9.27. The smallest absolute Gasteiger partial charge is 0.234 e. The molecule has 0 radical (unpaired) electrons. The zero-order chi connectivity index (χ0) is 19.8. The molecule has 0 amide bonds. The molecule has 3 nitrogen and oxygen atoms in total. The van der Waals surface area contributed by atoms with Crippen molar-refractivity contribution in [2.24, 2.45) is 0 Å². The molecule has 3 aromatic carbocycles. The fourth-order valence-electron chi connectivity index (χ4n) is 3.01. The third-order valence-corrected chi connectivity index (χ3v) is 6.92. The molecule has 3 rings (SSSR count). The highest BCUT2D eigenvalue weighted by Crippen LogP contribution is 2.53. The second-order valence-corrected chi connectivity index (χ2v) is 8.13. The van der Waals surface area contributed by atoms with Gasteiger partial charge in [-0.3, -0.25) is 5.41 Å². The highest BCUT2D eigenvalue weighted by Gasteiger charge is 2.37. The molecule has 0 aliphatic rings. The Morgan fingerprint density at radius 1 is 0.750 bits per heavy atom. The number of rotatable bonds is 5. The van der Waals surface area contributed by atoms with Gasteiger partial charge in [0.2, 0.25) is 16.3 Å². The first-order valence-corrected chi connectivity index (χ1v) is 10.1. The van der Waals surface area contributed by atoms with Crippen molar-refractivity contribution in [3.63, 3.8) is 0 Å². The molecule has 0 spiro atoms. The topological polar surface area (TPSA) is 71.4 Å². The highest BCUT2D eigenvalue weighted by molar-refractivity contribution is 7.71. The maximum atomic E-state index is 10.1. The van der Waals surface area contributed by atoms with Crippen LogP contribution in [0.3, 0.4) is 0 Å². The summed E-state index contributed by atoms with van der Waals surface area (Å²) in [5.41, 5.74) is 1.86. The second-order valence-electron chi connectivity index (χ2n) is 5.98. The lowest BCUT2D eigenvalue weighted by molar-refractivity contribution is 1.22. The van der Waals surface area contributed by atoms with Gasteiger partial charge in [-0.15, -0.1) is 0 Å². The Morgan fingerprint density at radius 2 is 1.25 bits per heavy atom. The van der Waals surface area contributed by atoms with Crippen LogP contribution in [0.15, 0.2) is 91.0 Å². The third-order valence-electron chi connectivity index (χ3n) is 4.30. The van der Waals surface area contributed by atoms with Gasteiger partial charge < -0.3 is 0 Å². The number of hydrogen-bond acceptors (Lipinski definition) is 3. The Hall–Kier alpha value is -3.74. The number of nitrogens with zero attached hydrogens (tertiary/aromatic N) is 2. The van der Waals surface area contributed by atoms with Crippen LogP contribution >= 0.6 is 7.55 Å². The van der Waals surface area contributed by atoms with Crippen LogP contribution in [0.1, 0.15) is 22.3 Å². The van der Waals surface area contributed by atoms with Crippen LogP contribution in [-0.4, -0.2) is 11.2 Å². The molecule has 0 aromatic heterocycles. The summed E-state index contributed by atoms with van der Waals surface area (Å²) < 4.78 is 0. The fraction of sp³-hybridized carbons (Fsp3) is 0.0417. The quantitative estimate of drug-likeness (QED) is 0.452. The Morgan fingerprint density at radius 3 is 1.71 bits per heavy atom. The summed E-state index contributed by atoms with van der Waals surface area (Å²) in [6.07, 6.45) is 0. The van der Waals surface area contributed by atoms with Crippen LogP contribution in [-0.2, 0) is 0 Å². The summed E-state index contributed by atoms with van der Waals surface area (Å²) in [5.74, 6) is 2.56. The molecule has 0 fully saturated rings. The van der Waals surface area contributed by atoms with E-state index in [4.69, 9.17) is 5.41 Å². The number of benzene rings is 3. The number of nitriles is 2. The van der Waals surface area contributed by atoms with Crippen molar-refractivity contribution in [2.45, 2.75) is 5.66 Å². The van der Waals surface area contributed by atoms with Gasteiger partial charge >= 0.3 is 0 Å². The van der Waals surface area contributed by atoms with Crippen LogP contribution in [0.2, 0.25) is 0 Å². The predicted octanol–water partition coefficient (Wildman–Crippen LogP) is 5.77. The minimum atomic E-state index is -1.47. The molecule has 0 heterocycles. The molecule has 0 bridgehead atoms. The van der Waals surface area contributed by atoms with Crippen LogP contribution in [0, 0.1) is 28.1 Å². The summed E-state index contributed by atoms with van der Waals surface area (Å²) in [6, 6.07) is 33.1. The lowest BCUT2D eigenvalue weighted by Gasteiger charge is -2.08. The molecular formula is C24H17N3P+. The summed E-state index contributed by atoms with van der Waals surface area (Å²) in [5, 5.41) is 29.2. The van der Waals surface area contributed by atoms with Crippen LogP contribution in [0.4, 0.5) is 0 Å². The van der Waals surface area contributed by atoms with Crippen LogP contribution in [0.25, 0.3) is 5.31 Å². The van der Waals surface area contributed by atoms with Crippen molar-refractivity contribution in [2.75, 3.05) is 0 Å². The van der Waals surface area contributed by atoms with E-state index in [2.05, 4.69) is 18.0 Å². The maximum Gasteiger partial charge on any atom is 0.234 e. The van der Waals surface area contributed by atoms with Crippen molar-refractivity contribution < 1.29 is 0 Å². The first-order chi connectivity index (χ1) is 13.8. The number of nitrogens with one attached hydrogen (secondary N) is 1. The van der Waals surface area contributed by atoms with E-state index in [9.17, 15) is 10.5 Å². The van der Waals surface area contributed by atoms with E-state index in [1.54, 1.807) is 0 Å². The van der Waals surface area contributed by atoms with Crippen molar-refractivity contribution in [1.82, 2.24) is 0 Å². The summed E-state index contributed by atoms with van der Waals surface area (Å²) in [7, 11) is -1.47. The molecule has 1 N–H and O–H groups in total. The molecule has 132 valence electrons. The Bertz CT molecular complexity index is 1120. The van der Waals surface area contributed by atoms with Crippen molar-refractivity contribution in [3.05, 3.63) is 108 Å². The monoisotopic (exact) mass is 378 g/mol. The lowest BCUT2D eigenvalue weighted by atomic mass is 10.1. The van der Waals surface area contributed by atoms with E-state index in [1.165, 1.54) is 0 Å². The van der Waals surface area contributed by atoms with Gasteiger partial charge in [0.05, 0.1) is 0 Å². The van der Waals surface area contributed by atoms with Gasteiger partial charge in [-0.1, -0.05) is 66.7 Å².